The Bertz CT molecular complexity index is 613. The van der Waals surface area contributed by atoms with Crippen LogP contribution in [0.15, 0.2) is 42.5 Å². The summed E-state index contributed by atoms with van der Waals surface area (Å²) in [7, 11) is 1.73. The van der Waals surface area contributed by atoms with Crippen LogP contribution in [0.3, 0.4) is 0 Å². The maximum Gasteiger partial charge on any atom is 0.147 e. The number of hydrogen-bond acceptors (Lipinski definition) is 2. The number of benzene rings is 2. The second-order valence-corrected chi connectivity index (χ2v) is 5.16. The fraction of sp³-hybridized carbons (Fsp3) is 0.294. The van der Waals surface area contributed by atoms with E-state index in [0.717, 1.165) is 12.0 Å². The molecule has 0 bridgehead atoms. The molecule has 1 unspecified atom stereocenters. The Kier molecular flexibility index (Phi) is 4.91. The molecule has 0 saturated carbocycles. The van der Waals surface area contributed by atoms with Crippen LogP contribution in [0, 0.1) is 11.6 Å². The molecule has 0 fully saturated rings. The lowest BCUT2D eigenvalue weighted by molar-refractivity contribution is 0.613. The second kappa shape index (κ2) is 6.68. The number of hydrogen-bond donors (Lipinski definition) is 1. The third-order valence-corrected chi connectivity index (χ3v) is 3.61. The summed E-state index contributed by atoms with van der Waals surface area (Å²) in [6, 6.07) is 11.0. The van der Waals surface area contributed by atoms with Gasteiger partial charge in [0.2, 0.25) is 0 Å². The topological polar surface area (TPSA) is 29.3 Å². The SMILES string of the molecule is CCC(N)Cc1cccc(F)c1N(C)c1cccc(F)c1. The van der Waals surface area contributed by atoms with E-state index < -0.39 is 0 Å². The molecule has 2 aromatic rings. The summed E-state index contributed by atoms with van der Waals surface area (Å²) in [5, 5.41) is 0. The Labute approximate surface area is 124 Å². The number of nitrogens with zero attached hydrogens (tertiary/aromatic N) is 1. The molecular formula is C17H20F2N2. The molecule has 0 aliphatic rings. The Morgan fingerprint density at radius 1 is 1.14 bits per heavy atom. The summed E-state index contributed by atoms with van der Waals surface area (Å²) >= 11 is 0. The first-order chi connectivity index (χ1) is 10.0. The van der Waals surface area contributed by atoms with Crippen LogP contribution in [-0.4, -0.2) is 13.1 Å². The molecule has 0 aromatic heterocycles. The van der Waals surface area contributed by atoms with Crippen molar-refractivity contribution in [1.82, 2.24) is 0 Å². The van der Waals surface area contributed by atoms with Gasteiger partial charge in [-0.25, -0.2) is 8.78 Å². The van der Waals surface area contributed by atoms with Crippen LogP contribution in [0.4, 0.5) is 20.2 Å². The van der Waals surface area contributed by atoms with Crippen LogP contribution in [0.5, 0.6) is 0 Å². The van der Waals surface area contributed by atoms with Crippen molar-refractivity contribution in [1.29, 1.82) is 0 Å². The first-order valence-corrected chi connectivity index (χ1v) is 7.05. The molecule has 1 atom stereocenters. The highest BCUT2D eigenvalue weighted by Crippen LogP contribution is 2.31. The van der Waals surface area contributed by atoms with Crippen LogP contribution in [-0.2, 0) is 6.42 Å². The van der Waals surface area contributed by atoms with Crippen LogP contribution in [0.2, 0.25) is 0 Å². The zero-order chi connectivity index (χ0) is 15.4. The van der Waals surface area contributed by atoms with Gasteiger partial charge < -0.3 is 10.6 Å². The molecule has 0 radical (unpaired) electrons. The standard InChI is InChI=1S/C17H20F2N2/c1-3-14(20)10-12-6-4-9-16(19)17(12)21(2)15-8-5-7-13(18)11-15/h4-9,11,14H,3,10,20H2,1-2H3. The van der Waals surface area contributed by atoms with E-state index in [1.807, 2.05) is 13.0 Å². The van der Waals surface area contributed by atoms with Gasteiger partial charge in [-0.15, -0.1) is 0 Å². The molecule has 2 nitrogen and oxygen atoms in total. The minimum Gasteiger partial charge on any atom is -0.342 e. The Morgan fingerprint density at radius 2 is 1.86 bits per heavy atom. The van der Waals surface area contributed by atoms with Gasteiger partial charge in [0.15, 0.2) is 0 Å². The number of anilines is 2. The lowest BCUT2D eigenvalue weighted by Gasteiger charge is -2.24. The molecule has 2 aromatic carbocycles. The number of nitrogens with two attached hydrogens (primary N) is 1. The maximum absolute atomic E-state index is 14.3. The minimum atomic E-state index is -0.345. The van der Waals surface area contributed by atoms with Crippen molar-refractivity contribution in [3.63, 3.8) is 0 Å². The number of rotatable bonds is 5. The molecule has 0 heterocycles. The van der Waals surface area contributed by atoms with Gasteiger partial charge >= 0.3 is 0 Å². The average Bonchev–Trinajstić information content (AvgIpc) is 2.46. The molecular weight excluding hydrogens is 270 g/mol. The van der Waals surface area contributed by atoms with Crippen molar-refractivity contribution in [2.75, 3.05) is 11.9 Å². The summed E-state index contributed by atoms with van der Waals surface area (Å²) < 4.78 is 27.6. The van der Waals surface area contributed by atoms with Crippen molar-refractivity contribution in [2.24, 2.45) is 5.73 Å². The van der Waals surface area contributed by atoms with Gasteiger partial charge in [-0.3, -0.25) is 0 Å². The normalized spacial score (nSPS) is 12.2. The zero-order valence-electron chi connectivity index (χ0n) is 12.3. The summed E-state index contributed by atoms with van der Waals surface area (Å²) in [6.45, 7) is 2.00. The first-order valence-electron chi connectivity index (χ1n) is 7.05. The lowest BCUT2D eigenvalue weighted by Crippen LogP contribution is -2.23. The summed E-state index contributed by atoms with van der Waals surface area (Å²) in [6.07, 6.45) is 1.41. The molecule has 0 aliphatic carbocycles. The van der Waals surface area contributed by atoms with Crippen molar-refractivity contribution >= 4 is 11.4 Å². The van der Waals surface area contributed by atoms with E-state index in [2.05, 4.69) is 0 Å². The maximum atomic E-state index is 14.3. The predicted molar refractivity (Wildman–Crippen MR) is 82.8 cm³/mol. The van der Waals surface area contributed by atoms with Crippen LogP contribution in [0.25, 0.3) is 0 Å². The van der Waals surface area contributed by atoms with Gasteiger partial charge in [-0.05, 0) is 42.7 Å². The van der Waals surface area contributed by atoms with Gasteiger partial charge in [-0.2, -0.15) is 0 Å². The summed E-state index contributed by atoms with van der Waals surface area (Å²) in [5.41, 5.74) is 7.87. The van der Waals surface area contributed by atoms with Gasteiger partial charge in [0, 0.05) is 18.8 Å². The van der Waals surface area contributed by atoms with E-state index in [1.165, 1.54) is 18.2 Å². The molecule has 0 spiro atoms. The van der Waals surface area contributed by atoms with Crippen molar-refractivity contribution in [2.45, 2.75) is 25.8 Å². The molecule has 0 saturated heterocycles. The van der Waals surface area contributed by atoms with E-state index >= 15 is 0 Å². The molecule has 4 heteroatoms. The summed E-state index contributed by atoms with van der Waals surface area (Å²) in [5.74, 6) is -0.676. The third-order valence-electron chi connectivity index (χ3n) is 3.61. The molecule has 2 rings (SSSR count). The lowest BCUT2D eigenvalue weighted by atomic mass is 10.0. The highest BCUT2D eigenvalue weighted by molar-refractivity contribution is 5.66. The third kappa shape index (κ3) is 3.58. The fourth-order valence-corrected chi connectivity index (χ4v) is 2.34. The molecule has 21 heavy (non-hydrogen) atoms. The Balaban J connectivity index is 2.42. The van der Waals surface area contributed by atoms with Crippen molar-refractivity contribution in [3.8, 4) is 0 Å². The molecule has 112 valence electrons. The quantitative estimate of drug-likeness (QED) is 0.901. The highest BCUT2D eigenvalue weighted by atomic mass is 19.1. The number of para-hydroxylation sites is 1. The first kappa shape index (κ1) is 15.4. The molecule has 0 amide bonds. The molecule has 0 aliphatic heterocycles. The highest BCUT2D eigenvalue weighted by Gasteiger charge is 2.16. The fourth-order valence-electron chi connectivity index (χ4n) is 2.34. The minimum absolute atomic E-state index is 0.0218. The van der Waals surface area contributed by atoms with E-state index in [9.17, 15) is 8.78 Å². The second-order valence-electron chi connectivity index (χ2n) is 5.16. The van der Waals surface area contributed by atoms with Gasteiger partial charge in [0.25, 0.3) is 0 Å². The van der Waals surface area contributed by atoms with Crippen LogP contribution in [0.1, 0.15) is 18.9 Å². The molecule has 2 N–H and O–H groups in total. The van der Waals surface area contributed by atoms with Gasteiger partial charge in [0.1, 0.15) is 11.6 Å². The van der Waals surface area contributed by atoms with E-state index in [1.54, 1.807) is 30.1 Å². The monoisotopic (exact) mass is 290 g/mol. The zero-order valence-corrected chi connectivity index (χ0v) is 12.3. The largest absolute Gasteiger partial charge is 0.342 e. The van der Waals surface area contributed by atoms with E-state index in [-0.39, 0.29) is 17.7 Å². The number of halogens is 2. The van der Waals surface area contributed by atoms with Crippen molar-refractivity contribution < 1.29 is 8.78 Å². The van der Waals surface area contributed by atoms with Crippen molar-refractivity contribution in [3.05, 3.63) is 59.7 Å². The van der Waals surface area contributed by atoms with E-state index in [0.29, 0.717) is 17.8 Å². The predicted octanol–water partition coefficient (Wildman–Crippen LogP) is 4.01. The summed E-state index contributed by atoms with van der Waals surface area (Å²) in [4.78, 5) is 1.66. The van der Waals surface area contributed by atoms with Crippen LogP contribution >= 0.6 is 0 Å². The van der Waals surface area contributed by atoms with Gasteiger partial charge in [-0.1, -0.05) is 25.1 Å². The van der Waals surface area contributed by atoms with Gasteiger partial charge in [0.05, 0.1) is 5.69 Å². The smallest absolute Gasteiger partial charge is 0.147 e. The van der Waals surface area contributed by atoms with Crippen LogP contribution < -0.4 is 10.6 Å². The Morgan fingerprint density at radius 3 is 2.52 bits per heavy atom. The van der Waals surface area contributed by atoms with E-state index in [4.69, 9.17) is 5.73 Å². The Hall–Kier alpha value is -1.94. The average molecular weight is 290 g/mol.